The van der Waals surface area contributed by atoms with Gasteiger partial charge in [-0.15, -0.1) is 0 Å². The minimum Gasteiger partial charge on any atom is -0.392 e. The highest BCUT2D eigenvalue weighted by Gasteiger charge is 2.14. The van der Waals surface area contributed by atoms with Crippen LogP contribution in [0.5, 0.6) is 0 Å². The molecule has 0 amide bonds. The summed E-state index contributed by atoms with van der Waals surface area (Å²) in [7, 11) is 0. The summed E-state index contributed by atoms with van der Waals surface area (Å²) < 4.78 is 5.49. The maximum absolute atomic E-state index is 10.2. The Morgan fingerprint density at radius 2 is 1.59 bits per heavy atom. The minimum atomic E-state index is -0.455. The lowest BCUT2D eigenvalue weighted by molar-refractivity contribution is 0.150. The normalized spacial score (nSPS) is 13.0. The van der Waals surface area contributed by atoms with E-state index in [0.29, 0.717) is 19.6 Å². The first-order chi connectivity index (χ1) is 10.8. The summed E-state index contributed by atoms with van der Waals surface area (Å²) in [5.41, 5.74) is 2.28. The van der Waals surface area contributed by atoms with E-state index in [9.17, 15) is 5.11 Å². The standard InChI is InChI=1S/C20H22O2/c1-17(19-12-6-3-7-13-19)20(21)14-8-9-15-22-16-18-10-4-2-5-11-18/h2-7,10-13,17,20-21H,14-16H2,1H3. The summed E-state index contributed by atoms with van der Waals surface area (Å²) in [6.07, 6.45) is 0.00845. The van der Waals surface area contributed by atoms with Crippen molar-refractivity contribution < 1.29 is 9.84 Å². The van der Waals surface area contributed by atoms with Crippen LogP contribution in [-0.2, 0) is 11.3 Å². The maximum Gasteiger partial charge on any atom is 0.108 e. The topological polar surface area (TPSA) is 29.5 Å². The van der Waals surface area contributed by atoms with Gasteiger partial charge in [-0.05, 0) is 11.1 Å². The summed E-state index contributed by atoms with van der Waals surface area (Å²) in [6, 6.07) is 20.0. The SMILES string of the molecule is CC(c1ccccc1)C(O)CC#CCOCc1ccccc1. The predicted octanol–water partition coefficient (Wildman–Crippen LogP) is 3.76. The highest BCUT2D eigenvalue weighted by molar-refractivity contribution is 5.20. The van der Waals surface area contributed by atoms with Gasteiger partial charge in [0.05, 0.1) is 12.7 Å². The van der Waals surface area contributed by atoms with Crippen LogP contribution in [0.1, 0.15) is 30.4 Å². The lowest BCUT2D eigenvalue weighted by Crippen LogP contribution is -2.14. The molecular weight excluding hydrogens is 272 g/mol. The molecule has 2 atom stereocenters. The number of aliphatic hydroxyl groups excluding tert-OH is 1. The molecule has 0 aliphatic rings. The summed E-state index contributed by atoms with van der Waals surface area (Å²) in [5.74, 6) is 6.04. The number of hydrogen-bond donors (Lipinski definition) is 1. The molecule has 22 heavy (non-hydrogen) atoms. The van der Waals surface area contributed by atoms with Crippen molar-refractivity contribution in [1.29, 1.82) is 0 Å². The van der Waals surface area contributed by atoms with Crippen molar-refractivity contribution >= 4 is 0 Å². The Bertz CT molecular complexity index is 596. The number of aliphatic hydroxyl groups is 1. The number of hydrogen-bond acceptors (Lipinski definition) is 2. The maximum atomic E-state index is 10.2. The van der Waals surface area contributed by atoms with Crippen LogP contribution in [-0.4, -0.2) is 17.8 Å². The molecule has 2 heteroatoms. The molecular formula is C20H22O2. The summed E-state index contributed by atoms with van der Waals surface area (Å²) >= 11 is 0. The average molecular weight is 294 g/mol. The third-order valence-corrected chi connectivity index (χ3v) is 3.62. The molecule has 2 rings (SSSR count). The highest BCUT2D eigenvalue weighted by Crippen LogP contribution is 2.20. The number of rotatable bonds is 6. The smallest absolute Gasteiger partial charge is 0.108 e. The van der Waals surface area contributed by atoms with E-state index < -0.39 is 6.10 Å². The highest BCUT2D eigenvalue weighted by atomic mass is 16.5. The van der Waals surface area contributed by atoms with Crippen LogP contribution < -0.4 is 0 Å². The van der Waals surface area contributed by atoms with Gasteiger partial charge in [0.15, 0.2) is 0 Å². The fourth-order valence-electron chi connectivity index (χ4n) is 2.18. The van der Waals surface area contributed by atoms with Crippen LogP contribution in [0.2, 0.25) is 0 Å². The van der Waals surface area contributed by atoms with E-state index in [2.05, 4.69) is 11.8 Å². The first-order valence-corrected chi connectivity index (χ1v) is 7.58. The molecule has 1 N–H and O–H groups in total. The molecule has 0 aliphatic heterocycles. The van der Waals surface area contributed by atoms with Gasteiger partial charge < -0.3 is 9.84 Å². The zero-order chi connectivity index (χ0) is 15.6. The molecule has 0 saturated heterocycles. The fraction of sp³-hybridized carbons (Fsp3) is 0.300. The molecule has 0 aromatic heterocycles. The van der Waals surface area contributed by atoms with Gasteiger partial charge in [-0.3, -0.25) is 0 Å². The second kappa shape index (κ2) is 9.04. The van der Waals surface area contributed by atoms with Crippen molar-refractivity contribution in [2.75, 3.05) is 6.61 Å². The van der Waals surface area contributed by atoms with Gasteiger partial charge in [-0.2, -0.15) is 0 Å². The first-order valence-electron chi connectivity index (χ1n) is 7.58. The van der Waals surface area contributed by atoms with Crippen LogP contribution in [0.4, 0.5) is 0 Å². The molecule has 2 unspecified atom stereocenters. The molecule has 0 radical (unpaired) electrons. The minimum absolute atomic E-state index is 0.0840. The number of ether oxygens (including phenoxy) is 1. The molecule has 0 heterocycles. The van der Waals surface area contributed by atoms with E-state index in [4.69, 9.17) is 4.74 Å². The van der Waals surface area contributed by atoms with E-state index in [1.165, 1.54) is 0 Å². The van der Waals surface area contributed by atoms with Crippen LogP contribution in [0.15, 0.2) is 60.7 Å². The van der Waals surface area contributed by atoms with Crippen molar-refractivity contribution in [3.8, 4) is 11.8 Å². The molecule has 0 fully saturated rings. The molecule has 2 aromatic carbocycles. The van der Waals surface area contributed by atoms with Gasteiger partial charge in [-0.25, -0.2) is 0 Å². The Labute approximate surface area is 132 Å². The molecule has 0 saturated carbocycles. The van der Waals surface area contributed by atoms with Crippen molar-refractivity contribution in [2.45, 2.75) is 32.0 Å². The van der Waals surface area contributed by atoms with Gasteiger partial charge in [0, 0.05) is 12.3 Å². The average Bonchev–Trinajstić information content (AvgIpc) is 2.58. The van der Waals surface area contributed by atoms with Crippen LogP contribution in [0, 0.1) is 11.8 Å². The van der Waals surface area contributed by atoms with Gasteiger partial charge >= 0.3 is 0 Å². The predicted molar refractivity (Wildman–Crippen MR) is 89.4 cm³/mol. The van der Waals surface area contributed by atoms with Crippen molar-refractivity contribution in [3.63, 3.8) is 0 Å². The van der Waals surface area contributed by atoms with Crippen LogP contribution in [0.3, 0.4) is 0 Å². The van der Waals surface area contributed by atoms with E-state index >= 15 is 0 Å². The van der Waals surface area contributed by atoms with Crippen LogP contribution in [0.25, 0.3) is 0 Å². The molecule has 0 spiro atoms. The molecule has 114 valence electrons. The van der Waals surface area contributed by atoms with E-state index in [1.807, 2.05) is 67.6 Å². The first kappa shape index (κ1) is 16.3. The molecule has 0 aliphatic carbocycles. The van der Waals surface area contributed by atoms with E-state index in [1.54, 1.807) is 0 Å². The zero-order valence-corrected chi connectivity index (χ0v) is 12.9. The van der Waals surface area contributed by atoms with Crippen LogP contribution >= 0.6 is 0 Å². The lowest BCUT2D eigenvalue weighted by Gasteiger charge is -2.16. The van der Waals surface area contributed by atoms with E-state index in [-0.39, 0.29) is 5.92 Å². The zero-order valence-electron chi connectivity index (χ0n) is 12.9. The second-order valence-corrected chi connectivity index (χ2v) is 5.30. The van der Waals surface area contributed by atoms with Crippen molar-refractivity contribution in [2.24, 2.45) is 0 Å². The summed E-state index contributed by atoms with van der Waals surface area (Å²) in [6.45, 7) is 2.98. The summed E-state index contributed by atoms with van der Waals surface area (Å²) in [4.78, 5) is 0. The van der Waals surface area contributed by atoms with E-state index in [0.717, 1.165) is 11.1 Å². The van der Waals surface area contributed by atoms with Gasteiger partial charge in [0.2, 0.25) is 0 Å². The Balaban J connectivity index is 1.69. The summed E-state index contributed by atoms with van der Waals surface area (Å²) in [5, 5.41) is 10.2. The van der Waals surface area contributed by atoms with Gasteiger partial charge in [0.25, 0.3) is 0 Å². The molecule has 2 aromatic rings. The van der Waals surface area contributed by atoms with Gasteiger partial charge in [0.1, 0.15) is 6.61 Å². The Morgan fingerprint density at radius 1 is 0.955 bits per heavy atom. The third kappa shape index (κ3) is 5.37. The Morgan fingerprint density at radius 3 is 2.27 bits per heavy atom. The fourth-order valence-corrected chi connectivity index (χ4v) is 2.18. The molecule has 2 nitrogen and oxygen atoms in total. The number of benzene rings is 2. The van der Waals surface area contributed by atoms with Gasteiger partial charge in [-0.1, -0.05) is 79.4 Å². The van der Waals surface area contributed by atoms with Crippen molar-refractivity contribution in [3.05, 3.63) is 71.8 Å². The Hall–Kier alpha value is -2.08. The lowest BCUT2D eigenvalue weighted by atomic mass is 9.94. The Kier molecular flexibility index (Phi) is 6.70. The monoisotopic (exact) mass is 294 g/mol. The largest absolute Gasteiger partial charge is 0.392 e. The second-order valence-electron chi connectivity index (χ2n) is 5.30. The van der Waals surface area contributed by atoms with Crippen molar-refractivity contribution in [1.82, 2.24) is 0 Å². The quantitative estimate of drug-likeness (QED) is 0.649. The molecule has 0 bridgehead atoms. The third-order valence-electron chi connectivity index (χ3n) is 3.62.